The van der Waals surface area contributed by atoms with Crippen molar-refractivity contribution in [3.05, 3.63) is 35.9 Å². The summed E-state index contributed by atoms with van der Waals surface area (Å²) in [5.74, 6) is 0.296. The summed E-state index contributed by atoms with van der Waals surface area (Å²) >= 11 is 0. The molecule has 1 saturated heterocycles. The molecule has 19 heavy (non-hydrogen) atoms. The highest BCUT2D eigenvalue weighted by Crippen LogP contribution is 2.24. The highest BCUT2D eigenvalue weighted by atomic mass is 16.3. The Labute approximate surface area is 114 Å². The van der Waals surface area contributed by atoms with Crippen LogP contribution in [0, 0.1) is 5.92 Å². The molecule has 1 fully saturated rings. The van der Waals surface area contributed by atoms with Crippen LogP contribution in [0.1, 0.15) is 18.9 Å². The van der Waals surface area contributed by atoms with E-state index in [0.717, 1.165) is 12.0 Å². The van der Waals surface area contributed by atoms with Crippen LogP contribution in [-0.4, -0.2) is 41.1 Å². The molecule has 0 aliphatic carbocycles. The van der Waals surface area contributed by atoms with Crippen LogP contribution >= 0.6 is 0 Å². The minimum Gasteiger partial charge on any atom is -0.394 e. The van der Waals surface area contributed by atoms with E-state index in [1.807, 2.05) is 30.3 Å². The molecule has 0 spiro atoms. The quantitative estimate of drug-likeness (QED) is 0.843. The van der Waals surface area contributed by atoms with Crippen LogP contribution in [0.25, 0.3) is 0 Å². The van der Waals surface area contributed by atoms with Crippen LogP contribution in [0.2, 0.25) is 0 Å². The second-order valence-electron chi connectivity index (χ2n) is 5.34. The van der Waals surface area contributed by atoms with E-state index >= 15 is 0 Å². The van der Waals surface area contributed by atoms with E-state index in [1.54, 1.807) is 4.90 Å². The number of carbonyl (C=O) groups excluding carboxylic acids is 1. The molecule has 4 nitrogen and oxygen atoms in total. The zero-order chi connectivity index (χ0) is 13.8. The summed E-state index contributed by atoms with van der Waals surface area (Å²) < 4.78 is 0. The second kappa shape index (κ2) is 6.17. The van der Waals surface area contributed by atoms with Gasteiger partial charge in [0, 0.05) is 6.54 Å². The summed E-state index contributed by atoms with van der Waals surface area (Å²) in [4.78, 5) is 14.1. The van der Waals surface area contributed by atoms with Crippen molar-refractivity contribution in [2.24, 2.45) is 11.7 Å². The predicted molar refractivity (Wildman–Crippen MR) is 74.5 cm³/mol. The zero-order valence-electron chi connectivity index (χ0n) is 11.3. The van der Waals surface area contributed by atoms with Crippen LogP contribution in [0.3, 0.4) is 0 Å². The van der Waals surface area contributed by atoms with Crippen LogP contribution in [0.15, 0.2) is 30.3 Å². The van der Waals surface area contributed by atoms with Gasteiger partial charge in [0.15, 0.2) is 0 Å². The molecule has 3 atom stereocenters. The molecule has 1 aliphatic rings. The molecule has 1 aliphatic heterocycles. The first-order valence-electron chi connectivity index (χ1n) is 6.84. The summed E-state index contributed by atoms with van der Waals surface area (Å²) in [6.45, 7) is 2.79. The van der Waals surface area contributed by atoms with Crippen molar-refractivity contribution in [1.29, 1.82) is 0 Å². The molecule has 4 heteroatoms. The van der Waals surface area contributed by atoms with Crippen LogP contribution < -0.4 is 5.73 Å². The minimum atomic E-state index is -0.526. The van der Waals surface area contributed by atoms with Gasteiger partial charge in [0.1, 0.15) is 0 Å². The lowest BCUT2D eigenvalue weighted by Gasteiger charge is -2.27. The van der Waals surface area contributed by atoms with E-state index in [-0.39, 0.29) is 18.6 Å². The van der Waals surface area contributed by atoms with E-state index in [1.165, 1.54) is 0 Å². The molecular weight excluding hydrogens is 240 g/mol. The summed E-state index contributed by atoms with van der Waals surface area (Å²) in [7, 11) is 0. The van der Waals surface area contributed by atoms with Crippen molar-refractivity contribution in [1.82, 2.24) is 4.90 Å². The van der Waals surface area contributed by atoms with Gasteiger partial charge in [-0.3, -0.25) is 4.79 Å². The maximum Gasteiger partial charge on any atom is 0.240 e. The summed E-state index contributed by atoms with van der Waals surface area (Å²) in [6.07, 6.45) is 1.48. The average molecular weight is 262 g/mol. The molecule has 0 bridgehead atoms. The highest BCUT2D eigenvalue weighted by molar-refractivity contribution is 5.82. The number of nitrogens with zero attached hydrogens (tertiary/aromatic N) is 1. The maximum atomic E-state index is 12.4. The molecule has 104 valence electrons. The van der Waals surface area contributed by atoms with E-state index < -0.39 is 6.04 Å². The smallest absolute Gasteiger partial charge is 0.240 e. The van der Waals surface area contributed by atoms with Crippen molar-refractivity contribution >= 4 is 5.91 Å². The zero-order valence-corrected chi connectivity index (χ0v) is 11.3. The predicted octanol–water partition coefficient (Wildman–Crippen LogP) is 0.786. The first-order chi connectivity index (χ1) is 9.13. The maximum absolute atomic E-state index is 12.4. The third kappa shape index (κ3) is 3.14. The Balaban J connectivity index is 1.99. The number of benzene rings is 1. The number of hydrogen-bond acceptors (Lipinski definition) is 3. The molecular formula is C15H22N2O2. The monoisotopic (exact) mass is 262 g/mol. The van der Waals surface area contributed by atoms with E-state index in [9.17, 15) is 9.90 Å². The van der Waals surface area contributed by atoms with Gasteiger partial charge in [-0.25, -0.2) is 0 Å². The van der Waals surface area contributed by atoms with Gasteiger partial charge in [-0.2, -0.15) is 0 Å². The summed E-state index contributed by atoms with van der Waals surface area (Å²) in [5.41, 5.74) is 7.08. The highest BCUT2D eigenvalue weighted by Gasteiger charge is 2.35. The van der Waals surface area contributed by atoms with Gasteiger partial charge in [0.25, 0.3) is 0 Å². The fourth-order valence-corrected chi connectivity index (χ4v) is 2.73. The number of carbonyl (C=O) groups is 1. The lowest BCUT2D eigenvalue weighted by Crippen LogP contribution is -2.48. The first kappa shape index (κ1) is 14.0. The fraction of sp³-hybridized carbons (Fsp3) is 0.533. The summed E-state index contributed by atoms with van der Waals surface area (Å²) in [5, 5.41) is 9.39. The topological polar surface area (TPSA) is 66.6 Å². The molecule has 0 aromatic heterocycles. The van der Waals surface area contributed by atoms with Gasteiger partial charge in [-0.1, -0.05) is 37.3 Å². The fourth-order valence-electron chi connectivity index (χ4n) is 2.73. The Morgan fingerprint density at radius 3 is 2.79 bits per heavy atom. The molecule has 3 N–H and O–H groups in total. The Kier molecular flexibility index (Phi) is 4.56. The second-order valence-corrected chi connectivity index (χ2v) is 5.34. The van der Waals surface area contributed by atoms with Gasteiger partial charge in [0.2, 0.25) is 5.91 Å². The van der Waals surface area contributed by atoms with Crippen molar-refractivity contribution in [2.45, 2.75) is 31.8 Å². The van der Waals surface area contributed by atoms with Gasteiger partial charge in [0.05, 0.1) is 18.7 Å². The van der Waals surface area contributed by atoms with Crippen molar-refractivity contribution in [2.75, 3.05) is 13.2 Å². The lowest BCUT2D eigenvalue weighted by molar-refractivity contribution is -0.134. The molecule has 2 rings (SSSR count). The molecule has 1 heterocycles. The Hall–Kier alpha value is -1.39. The Bertz CT molecular complexity index is 421. The first-order valence-corrected chi connectivity index (χ1v) is 6.84. The number of nitrogens with two attached hydrogens (primary N) is 1. The van der Waals surface area contributed by atoms with E-state index in [2.05, 4.69) is 6.92 Å². The van der Waals surface area contributed by atoms with Crippen LogP contribution in [0.4, 0.5) is 0 Å². The van der Waals surface area contributed by atoms with Gasteiger partial charge >= 0.3 is 0 Å². The van der Waals surface area contributed by atoms with Gasteiger partial charge in [-0.05, 0) is 24.3 Å². The SMILES string of the molecule is CC1CCN(C(=O)[C@H](N)Cc2ccccc2)C1CO. The van der Waals surface area contributed by atoms with Crippen molar-refractivity contribution in [3.8, 4) is 0 Å². The summed E-state index contributed by atoms with van der Waals surface area (Å²) in [6, 6.07) is 9.19. The van der Waals surface area contributed by atoms with Crippen LogP contribution in [-0.2, 0) is 11.2 Å². The van der Waals surface area contributed by atoms with Crippen molar-refractivity contribution in [3.63, 3.8) is 0 Å². The van der Waals surface area contributed by atoms with Gasteiger partial charge in [-0.15, -0.1) is 0 Å². The number of likely N-dealkylation sites (tertiary alicyclic amines) is 1. The molecule has 0 radical (unpaired) electrons. The van der Waals surface area contributed by atoms with Crippen molar-refractivity contribution < 1.29 is 9.90 Å². The van der Waals surface area contributed by atoms with Gasteiger partial charge < -0.3 is 15.7 Å². The molecule has 1 aromatic carbocycles. The lowest BCUT2D eigenvalue weighted by atomic mass is 10.0. The molecule has 2 unspecified atom stereocenters. The Morgan fingerprint density at radius 2 is 2.16 bits per heavy atom. The normalized spacial score (nSPS) is 24.5. The number of aliphatic hydroxyl groups excluding tert-OH is 1. The molecule has 1 aromatic rings. The molecule has 1 amide bonds. The van der Waals surface area contributed by atoms with Crippen LogP contribution in [0.5, 0.6) is 0 Å². The number of aliphatic hydroxyl groups is 1. The average Bonchev–Trinajstić information content (AvgIpc) is 2.80. The largest absolute Gasteiger partial charge is 0.394 e. The minimum absolute atomic E-state index is 0.0188. The third-order valence-corrected chi connectivity index (χ3v) is 3.97. The van der Waals surface area contributed by atoms with E-state index in [0.29, 0.717) is 18.9 Å². The standard InChI is InChI=1S/C15H22N2O2/c1-11-7-8-17(14(11)10-18)15(19)13(16)9-12-5-3-2-4-6-12/h2-6,11,13-14,18H,7-10,16H2,1H3/t11?,13-,14?/m1/s1. The number of amides is 1. The van der Waals surface area contributed by atoms with E-state index in [4.69, 9.17) is 5.73 Å². The third-order valence-electron chi connectivity index (χ3n) is 3.97. The number of hydrogen-bond donors (Lipinski definition) is 2. The molecule has 0 saturated carbocycles. The number of rotatable bonds is 4. The Morgan fingerprint density at radius 1 is 1.47 bits per heavy atom.